The van der Waals surface area contributed by atoms with Crippen LogP contribution in [0.25, 0.3) is 0 Å². The summed E-state index contributed by atoms with van der Waals surface area (Å²) in [5, 5.41) is 0. The first kappa shape index (κ1) is 34.9. The molecule has 4 aromatic carbocycles. The molecule has 0 atom stereocenters. The molecule has 47 heavy (non-hydrogen) atoms. The molecular weight excluding hydrogens is 592 g/mol. The number of hydrogen-bond donors (Lipinski definition) is 0. The predicted molar refractivity (Wildman–Crippen MR) is 184 cm³/mol. The van der Waals surface area contributed by atoms with Gasteiger partial charge in [0.05, 0.1) is 28.4 Å². The Labute approximate surface area is 278 Å². The van der Waals surface area contributed by atoms with Crippen molar-refractivity contribution in [2.75, 3.05) is 28.4 Å². The van der Waals surface area contributed by atoms with Crippen molar-refractivity contribution >= 4 is 11.8 Å². The third-order valence-corrected chi connectivity index (χ3v) is 8.12. The van der Waals surface area contributed by atoms with Gasteiger partial charge < -0.3 is 28.7 Å². The Morgan fingerprint density at radius 2 is 0.638 bits per heavy atom. The summed E-state index contributed by atoms with van der Waals surface area (Å²) in [7, 11) is 6.56. The van der Waals surface area contributed by atoms with Gasteiger partial charge in [0.25, 0.3) is 0 Å². The van der Waals surface area contributed by atoms with Gasteiger partial charge in [0.15, 0.2) is 0 Å². The van der Waals surface area contributed by atoms with E-state index in [1.807, 2.05) is 107 Å². The number of nitrogens with zero attached hydrogens (tertiary/aromatic N) is 2. The summed E-state index contributed by atoms with van der Waals surface area (Å²) >= 11 is 0. The first-order chi connectivity index (χ1) is 22.9. The molecule has 0 N–H and O–H groups in total. The van der Waals surface area contributed by atoms with Crippen molar-refractivity contribution < 1.29 is 28.5 Å². The molecule has 4 rings (SSSR count). The molecule has 0 unspecified atom stereocenters. The van der Waals surface area contributed by atoms with E-state index in [9.17, 15) is 9.59 Å². The van der Waals surface area contributed by atoms with Crippen molar-refractivity contribution in [1.82, 2.24) is 9.80 Å². The molecule has 0 spiro atoms. The van der Waals surface area contributed by atoms with E-state index in [1.54, 1.807) is 28.4 Å². The quantitative estimate of drug-likeness (QED) is 0.106. The van der Waals surface area contributed by atoms with Crippen LogP contribution in [0.15, 0.2) is 97.1 Å². The zero-order valence-electron chi connectivity index (χ0n) is 27.9. The van der Waals surface area contributed by atoms with E-state index in [1.165, 1.54) is 0 Å². The summed E-state index contributed by atoms with van der Waals surface area (Å²) in [5.41, 5.74) is 4.14. The molecule has 2 amide bonds. The summed E-state index contributed by atoms with van der Waals surface area (Å²) in [6.07, 6.45) is 3.05. The van der Waals surface area contributed by atoms with Crippen molar-refractivity contribution in [2.24, 2.45) is 0 Å². The lowest BCUT2D eigenvalue weighted by molar-refractivity contribution is -0.132. The number of methoxy groups -OCH3 is 4. The van der Waals surface area contributed by atoms with Gasteiger partial charge in [0.1, 0.15) is 23.0 Å². The highest BCUT2D eigenvalue weighted by Gasteiger charge is 2.17. The molecule has 248 valence electrons. The number of rotatable bonds is 18. The fourth-order valence-corrected chi connectivity index (χ4v) is 5.32. The van der Waals surface area contributed by atoms with Crippen molar-refractivity contribution in [2.45, 2.75) is 58.3 Å². The number of carbonyl (C=O) groups excluding carboxylic acids is 2. The van der Waals surface area contributed by atoms with Crippen LogP contribution in [0.1, 0.15) is 54.4 Å². The Morgan fingerprint density at radius 1 is 0.404 bits per heavy atom. The highest BCUT2D eigenvalue weighted by molar-refractivity contribution is 5.77. The van der Waals surface area contributed by atoms with Gasteiger partial charge in [-0.3, -0.25) is 9.59 Å². The van der Waals surface area contributed by atoms with E-state index in [0.29, 0.717) is 51.9 Å². The Kier molecular flexibility index (Phi) is 13.5. The fourth-order valence-electron chi connectivity index (χ4n) is 5.32. The van der Waals surface area contributed by atoms with Crippen LogP contribution in [0.2, 0.25) is 0 Å². The van der Waals surface area contributed by atoms with Gasteiger partial charge in [0.2, 0.25) is 11.8 Å². The maximum absolute atomic E-state index is 13.5. The molecule has 0 aliphatic rings. The molecule has 0 aliphatic heterocycles. The molecule has 0 bridgehead atoms. The first-order valence-corrected chi connectivity index (χ1v) is 16.0. The monoisotopic (exact) mass is 638 g/mol. The van der Waals surface area contributed by atoms with Crippen molar-refractivity contribution in [3.8, 4) is 23.0 Å². The molecule has 0 saturated heterocycles. The van der Waals surface area contributed by atoms with E-state index in [4.69, 9.17) is 18.9 Å². The molecule has 0 radical (unpaired) electrons. The maximum Gasteiger partial charge on any atom is 0.223 e. The smallest absolute Gasteiger partial charge is 0.223 e. The Bertz CT molecular complexity index is 1300. The van der Waals surface area contributed by atoms with Crippen molar-refractivity contribution in [3.05, 3.63) is 119 Å². The first-order valence-electron chi connectivity index (χ1n) is 16.0. The topological polar surface area (TPSA) is 77.5 Å². The normalized spacial score (nSPS) is 10.6. The van der Waals surface area contributed by atoms with Crippen LogP contribution >= 0.6 is 0 Å². The van der Waals surface area contributed by atoms with Crippen LogP contribution in [0, 0.1) is 0 Å². The summed E-state index contributed by atoms with van der Waals surface area (Å²) in [5.74, 6) is 3.30. The highest BCUT2D eigenvalue weighted by Crippen LogP contribution is 2.21. The number of ether oxygens (including phenoxy) is 4. The third kappa shape index (κ3) is 11.1. The summed E-state index contributed by atoms with van der Waals surface area (Å²) in [6.45, 7) is 2.00. The van der Waals surface area contributed by atoms with Crippen LogP contribution in [-0.4, -0.2) is 50.1 Å². The molecule has 8 heteroatoms. The van der Waals surface area contributed by atoms with Gasteiger partial charge in [-0.15, -0.1) is 0 Å². The second-order valence-electron chi connectivity index (χ2n) is 11.5. The van der Waals surface area contributed by atoms with E-state index in [0.717, 1.165) is 51.7 Å². The van der Waals surface area contributed by atoms with Gasteiger partial charge in [-0.1, -0.05) is 55.0 Å². The number of unbranched alkanes of at least 4 members (excludes halogenated alkanes) is 2. The van der Waals surface area contributed by atoms with Gasteiger partial charge >= 0.3 is 0 Å². The van der Waals surface area contributed by atoms with Crippen LogP contribution < -0.4 is 18.9 Å². The number of carbonyl (C=O) groups is 2. The SMILES string of the molecule is COc1ccc(CN(Cc2ccc(OC)cc2)C(=O)CCCCCC(=O)N(Cc2ccc(OC)cc2)Cc2ccc(OC)cc2)cc1. The van der Waals surface area contributed by atoms with E-state index in [-0.39, 0.29) is 11.8 Å². The van der Waals surface area contributed by atoms with Crippen LogP contribution in [-0.2, 0) is 35.8 Å². The van der Waals surface area contributed by atoms with Gasteiger partial charge in [0, 0.05) is 39.0 Å². The molecule has 4 aromatic rings. The molecular formula is C39H46N2O6. The average molecular weight is 639 g/mol. The number of benzene rings is 4. The highest BCUT2D eigenvalue weighted by atomic mass is 16.5. The molecule has 0 heterocycles. The number of amides is 2. The van der Waals surface area contributed by atoms with Crippen LogP contribution in [0.4, 0.5) is 0 Å². The van der Waals surface area contributed by atoms with E-state index < -0.39 is 0 Å². The average Bonchev–Trinajstić information content (AvgIpc) is 3.12. The molecule has 0 saturated carbocycles. The summed E-state index contributed by atoms with van der Waals surface area (Å²) in [6, 6.07) is 31.2. The van der Waals surface area contributed by atoms with Crippen LogP contribution in [0.5, 0.6) is 23.0 Å². The third-order valence-electron chi connectivity index (χ3n) is 8.12. The summed E-state index contributed by atoms with van der Waals surface area (Å²) in [4.78, 5) is 30.7. The fraction of sp³-hybridized carbons (Fsp3) is 0.333. The van der Waals surface area contributed by atoms with Gasteiger partial charge in [-0.25, -0.2) is 0 Å². The van der Waals surface area contributed by atoms with Gasteiger partial charge in [-0.2, -0.15) is 0 Å². The lowest BCUT2D eigenvalue weighted by Gasteiger charge is -2.24. The molecule has 0 aliphatic carbocycles. The lowest BCUT2D eigenvalue weighted by Crippen LogP contribution is -2.30. The minimum absolute atomic E-state index is 0.0867. The van der Waals surface area contributed by atoms with Crippen LogP contribution in [0.3, 0.4) is 0 Å². The van der Waals surface area contributed by atoms with E-state index in [2.05, 4.69) is 0 Å². The molecule has 0 fully saturated rings. The van der Waals surface area contributed by atoms with E-state index >= 15 is 0 Å². The lowest BCUT2D eigenvalue weighted by atomic mass is 10.1. The van der Waals surface area contributed by atoms with Crippen molar-refractivity contribution in [1.29, 1.82) is 0 Å². The molecule has 0 aromatic heterocycles. The van der Waals surface area contributed by atoms with Crippen molar-refractivity contribution in [3.63, 3.8) is 0 Å². The number of hydrogen-bond acceptors (Lipinski definition) is 6. The zero-order chi connectivity index (χ0) is 33.4. The zero-order valence-corrected chi connectivity index (χ0v) is 27.9. The van der Waals surface area contributed by atoms with Gasteiger partial charge in [-0.05, 0) is 83.6 Å². The predicted octanol–water partition coefficient (Wildman–Crippen LogP) is 7.43. The Morgan fingerprint density at radius 3 is 0.851 bits per heavy atom. The Balaban J connectivity index is 1.33. The second kappa shape index (κ2) is 18.2. The molecule has 8 nitrogen and oxygen atoms in total. The Hall–Kier alpha value is -4.98. The largest absolute Gasteiger partial charge is 0.497 e. The maximum atomic E-state index is 13.5. The standard InChI is InChI=1S/C39H46N2O6/c1-44-34-18-10-30(11-19-34)26-40(27-31-12-20-35(45-2)21-13-31)38(42)8-6-5-7-9-39(43)41(28-32-14-22-36(46-3)23-15-32)29-33-16-24-37(47-4)25-17-33/h10-25H,5-9,26-29H2,1-4H3. The summed E-state index contributed by atoms with van der Waals surface area (Å²) < 4.78 is 21.2. The second-order valence-corrected chi connectivity index (χ2v) is 11.5. The minimum Gasteiger partial charge on any atom is -0.497 e. The minimum atomic E-state index is 0.0867.